The van der Waals surface area contributed by atoms with Crippen molar-refractivity contribution >= 4 is 11.8 Å². The number of imidazole rings is 1. The number of hydrogen-bond acceptors (Lipinski definition) is 4. The Morgan fingerprint density at radius 1 is 1.27 bits per heavy atom. The van der Waals surface area contributed by atoms with Gasteiger partial charge in [-0.05, 0) is 39.8 Å². The summed E-state index contributed by atoms with van der Waals surface area (Å²) in [6.45, 7) is 7.22. The van der Waals surface area contributed by atoms with Gasteiger partial charge in [0.1, 0.15) is 12.0 Å². The molecule has 1 heterocycles. The summed E-state index contributed by atoms with van der Waals surface area (Å²) in [7, 11) is 0. The summed E-state index contributed by atoms with van der Waals surface area (Å²) in [4.78, 5) is 28.1. The molecule has 116 valence electrons. The molecule has 0 atom stereocenters. The van der Waals surface area contributed by atoms with Crippen molar-refractivity contribution < 1.29 is 14.3 Å². The van der Waals surface area contributed by atoms with Crippen LogP contribution in [0.2, 0.25) is 0 Å². The Labute approximate surface area is 129 Å². The van der Waals surface area contributed by atoms with Crippen molar-refractivity contribution in [3.8, 4) is 5.69 Å². The number of ether oxygens (including phenoxy) is 1. The quantitative estimate of drug-likeness (QED) is 0.494. The topological polar surface area (TPSA) is 61.2 Å². The van der Waals surface area contributed by atoms with Crippen molar-refractivity contribution in [1.82, 2.24) is 9.55 Å². The highest BCUT2D eigenvalue weighted by atomic mass is 16.6. The highest BCUT2D eigenvalue weighted by molar-refractivity contribution is 6.06. The third kappa shape index (κ3) is 4.28. The van der Waals surface area contributed by atoms with Crippen molar-refractivity contribution in [2.75, 3.05) is 0 Å². The van der Waals surface area contributed by atoms with Gasteiger partial charge in [-0.1, -0.05) is 12.1 Å². The number of aromatic nitrogens is 2. The molecule has 0 spiro atoms. The molecule has 5 heteroatoms. The first kappa shape index (κ1) is 15.9. The lowest BCUT2D eigenvalue weighted by molar-refractivity contribution is -0.153. The van der Waals surface area contributed by atoms with Crippen molar-refractivity contribution in [2.24, 2.45) is 0 Å². The van der Waals surface area contributed by atoms with Crippen LogP contribution in [0.15, 0.2) is 36.8 Å². The van der Waals surface area contributed by atoms with Gasteiger partial charge in [-0.3, -0.25) is 9.59 Å². The Bertz CT molecular complexity index is 696. The molecule has 1 aromatic carbocycles. The predicted molar refractivity (Wildman–Crippen MR) is 83.1 cm³/mol. The molecule has 0 N–H and O–H groups in total. The molecule has 2 rings (SSSR count). The number of hydrogen-bond donors (Lipinski definition) is 0. The van der Waals surface area contributed by atoms with Crippen molar-refractivity contribution in [3.63, 3.8) is 0 Å². The number of carbonyl (C=O) groups excluding carboxylic acids is 2. The number of carbonyl (C=O) groups is 2. The molecule has 22 heavy (non-hydrogen) atoms. The molecule has 0 amide bonds. The molecule has 0 aliphatic rings. The first-order valence-electron chi connectivity index (χ1n) is 7.11. The highest BCUT2D eigenvalue weighted by Crippen LogP contribution is 2.14. The van der Waals surface area contributed by atoms with Gasteiger partial charge >= 0.3 is 5.97 Å². The minimum absolute atomic E-state index is 0.257. The maximum Gasteiger partial charge on any atom is 0.314 e. The van der Waals surface area contributed by atoms with Crippen LogP contribution in [0.25, 0.3) is 5.69 Å². The summed E-state index contributed by atoms with van der Waals surface area (Å²) in [5, 5.41) is 0. The molecular formula is C17H20N2O3. The second-order valence-electron chi connectivity index (χ2n) is 6.16. The highest BCUT2D eigenvalue weighted by Gasteiger charge is 2.19. The van der Waals surface area contributed by atoms with Crippen LogP contribution in [0.1, 0.15) is 43.2 Å². The number of esters is 1. The normalized spacial score (nSPS) is 11.3. The first-order chi connectivity index (χ1) is 10.2. The number of benzene rings is 1. The van der Waals surface area contributed by atoms with Crippen LogP contribution < -0.4 is 0 Å². The van der Waals surface area contributed by atoms with Gasteiger partial charge in [-0.15, -0.1) is 0 Å². The largest absolute Gasteiger partial charge is 0.460 e. The van der Waals surface area contributed by atoms with E-state index in [1.165, 1.54) is 0 Å². The summed E-state index contributed by atoms with van der Waals surface area (Å²) in [5.41, 5.74) is 1.61. The maximum absolute atomic E-state index is 12.2. The Morgan fingerprint density at radius 2 is 2.00 bits per heavy atom. The number of aryl methyl sites for hydroxylation is 1. The van der Waals surface area contributed by atoms with E-state index < -0.39 is 11.6 Å². The zero-order chi connectivity index (χ0) is 16.3. The monoisotopic (exact) mass is 300 g/mol. The zero-order valence-electron chi connectivity index (χ0n) is 13.3. The van der Waals surface area contributed by atoms with Gasteiger partial charge in [-0.25, -0.2) is 4.98 Å². The van der Waals surface area contributed by atoms with Gasteiger partial charge in [0, 0.05) is 17.4 Å². The fourth-order valence-corrected chi connectivity index (χ4v) is 2.01. The Morgan fingerprint density at radius 3 is 2.59 bits per heavy atom. The number of ketones is 1. The predicted octanol–water partition coefficient (Wildman–Crippen LogP) is 3.10. The summed E-state index contributed by atoms with van der Waals surface area (Å²) >= 11 is 0. The molecule has 1 aromatic heterocycles. The van der Waals surface area contributed by atoms with E-state index in [4.69, 9.17) is 4.74 Å². The molecule has 0 aliphatic heterocycles. The molecule has 0 aliphatic carbocycles. The molecule has 0 bridgehead atoms. The summed E-state index contributed by atoms with van der Waals surface area (Å²) < 4.78 is 7.01. The number of rotatable bonds is 4. The minimum Gasteiger partial charge on any atom is -0.460 e. The first-order valence-corrected chi connectivity index (χ1v) is 7.11. The van der Waals surface area contributed by atoms with Crippen LogP contribution in [0.5, 0.6) is 0 Å². The van der Waals surface area contributed by atoms with E-state index in [9.17, 15) is 9.59 Å². The third-order valence-electron chi connectivity index (χ3n) is 2.90. The van der Waals surface area contributed by atoms with Gasteiger partial charge < -0.3 is 9.30 Å². The van der Waals surface area contributed by atoms with E-state index >= 15 is 0 Å². The molecule has 0 fully saturated rings. The second-order valence-corrected chi connectivity index (χ2v) is 6.16. The van der Waals surface area contributed by atoms with Crippen LogP contribution in [-0.4, -0.2) is 26.9 Å². The lowest BCUT2D eigenvalue weighted by Crippen LogP contribution is -2.25. The van der Waals surface area contributed by atoms with Crippen LogP contribution in [0.4, 0.5) is 0 Å². The van der Waals surface area contributed by atoms with Gasteiger partial charge in [0.05, 0.1) is 12.0 Å². The average Bonchev–Trinajstić information content (AvgIpc) is 2.83. The van der Waals surface area contributed by atoms with Crippen LogP contribution in [0.3, 0.4) is 0 Å². The Kier molecular flexibility index (Phi) is 4.45. The molecule has 0 radical (unpaired) electrons. The third-order valence-corrected chi connectivity index (χ3v) is 2.90. The summed E-state index contributed by atoms with van der Waals surface area (Å²) in [6, 6.07) is 7.10. The van der Waals surface area contributed by atoms with E-state index in [1.807, 2.05) is 23.8 Å². The van der Waals surface area contributed by atoms with Gasteiger partial charge in [0.15, 0.2) is 5.78 Å². The molecule has 0 saturated carbocycles. The molecule has 5 nitrogen and oxygen atoms in total. The smallest absolute Gasteiger partial charge is 0.314 e. The number of nitrogens with zero attached hydrogens (tertiary/aromatic N) is 2. The standard InChI is InChI=1S/C17H20N2O3/c1-12-10-19(11-18-12)14-7-5-6-13(8-14)15(20)9-16(21)22-17(2,3)4/h5-8,10-11H,9H2,1-4H3. The SMILES string of the molecule is Cc1cn(-c2cccc(C(=O)CC(=O)OC(C)(C)C)c2)cn1. The molecule has 0 saturated heterocycles. The van der Waals surface area contributed by atoms with Gasteiger partial charge in [0.2, 0.25) is 0 Å². The van der Waals surface area contributed by atoms with E-state index in [1.54, 1.807) is 45.3 Å². The fourth-order valence-electron chi connectivity index (χ4n) is 2.01. The van der Waals surface area contributed by atoms with E-state index in [-0.39, 0.29) is 12.2 Å². The summed E-state index contributed by atoms with van der Waals surface area (Å²) in [5.74, 6) is -0.769. The molecule has 0 unspecified atom stereocenters. The Hall–Kier alpha value is -2.43. The van der Waals surface area contributed by atoms with Gasteiger partial charge in [-0.2, -0.15) is 0 Å². The molecular weight excluding hydrogens is 280 g/mol. The van der Waals surface area contributed by atoms with Crippen molar-refractivity contribution in [2.45, 2.75) is 39.7 Å². The van der Waals surface area contributed by atoms with E-state index in [0.29, 0.717) is 5.56 Å². The number of Topliss-reactive ketones (excluding diaryl/α,β-unsaturated/α-hetero) is 1. The summed E-state index contributed by atoms with van der Waals surface area (Å²) in [6.07, 6.45) is 3.30. The lowest BCUT2D eigenvalue weighted by Gasteiger charge is -2.19. The zero-order valence-corrected chi connectivity index (χ0v) is 13.3. The van der Waals surface area contributed by atoms with E-state index in [0.717, 1.165) is 11.4 Å². The van der Waals surface area contributed by atoms with Gasteiger partial charge in [0.25, 0.3) is 0 Å². The van der Waals surface area contributed by atoms with Crippen LogP contribution in [-0.2, 0) is 9.53 Å². The van der Waals surface area contributed by atoms with Crippen LogP contribution >= 0.6 is 0 Å². The molecule has 2 aromatic rings. The minimum atomic E-state index is -0.590. The maximum atomic E-state index is 12.2. The van der Waals surface area contributed by atoms with Crippen molar-refractivity contribution in [1.29, 1.82) is 0 Å². The Balaban J connectivity index is 2.12. The second kappa shape index (κ2) is 6.13. The van der Waals surface area contributed by atoms with E-state index in [2.05, 4.69) is 4.98 Å². The average molecular weight is 300 g/mol. The fraction of sp³-hybridized carbons (Fsp3) is 0.353. The van der Waals surface area contributed by atoms with Crippen LogP contribution in [0, 0.1) is 6.92 Å². The lowest BCUT2D eigenvalue weighted by atomic mass is 10.1. The van der Waals surface area contributed by atoms with Crippen molar-refractivity contribution in [3.05, 3.63) is 48.0 Å².